The molecule has 6 heteroatoms. The van der Waals surface area contributed by atoms with E-state index in [4.69, 9.17) is 12.2 Å². The molecule has 96 valence electrons. The standard InChI is InChI=1S/C12H16N4OS/c1-7-5-9(17)8(6-13-7)10-14-15-11(18)16(10)12(2,3)4/h5-6H,1-4H3,(H,13,17)(H,15,18). The van der Waals surface area contributed by atoms with Crippen LogP contribution in [0.1, 0.15) is 26.5 Å². The fourth-order valence-electron chi connectivity index (χ4n) is 1.85. The highest BCUT2D eigenvalue weighted by Gasteiger charge is 2.21. The second kappa shape index (κ2) is 4.20. The number of hydrogen-bond donors (Lipinski definition) is 2. The van der Waals surface area contributed by atoms with E-state index >= 15 is 0 Å². The van der Waals surface area contributed by atoms with Crippen LogP contribution in [0.4, 0.5) is 0 Å². The highest BCUT2D eigenvalue weighted by Crippen LogP contribution is 2.22. The molecule has 0 bridgehead atoms. The van der Waals surface area contributed by atoms with Gasteiger partial charge < -0.3 is 4.98 Å². The molecule has 2 heterocycles. The Labute approximate surface area is 110 Å². The predicted octanol–water partition coefficient (Wildman–Crippen LogP) is 2.36. The van der Waals surface area contributed by atoms with Gasteiger partial charge in [-0.25, -0.2) is 0 Å². The summed E-state index contributed by atoms with van der Waals surface area (Å²) in [6, 6.07) is 1.56. The van der Waals surface area contributed by atoms with Gasteiger partial charge in [0, 0.05) is 23.5 Å². The molecule has 2 aromatic rings. The SMILES string of the molecule is Cc1cc(=O)c(-c2n[nH]c(=S)n2C(C)(C)C)c[nH]1. The summed E-state index contributed by atoms with van der Waals surface area (Å²) in [6.45, 7) is 7.89. The molecule has 0 aliphatic carbocycles. The number of aryl methyl sites for hydroxylation is 1. The second-order valence-electron chi connectivity index (χ2n) is 5.25. The summed E-state index contributed by atoms with van der Waals surface area (Å²) in [6.07, 6.45) is 1.67. The minimum Gasteiger partial charge on any atom is -0.364 e. The van der Waals surface area contributed by atoms with Crippen molar-refractivity contribution in [2.24, 2.45) is 0 Å². The highest BCUT2D eigenvalue weighted by molar-refractivity contribution is 7.71. The molecule has 0 atom stereocenters. The minimum absolute atomic E-state index is 0.0641. The van der Waals surface area contributed by atoms with Crippen molar-refractivity contribution >= 4 is 12.2 Å². The fraction of sp³-hybridized carbons (Fsp3) is 0.417. The van der Waals surface area contributed by atoms with Gasteiger partial charge >= 0.3 is 0 Å². The van der Waals surface area contributed by atoms with Crippen molar-refractivity contribution in [1.29, 1.82) is 0 Å². The van der Waals surface area contributed by atoms with Crippen LogP contribution in [0.25, 0.3) is 11.4 Å². The molecule has 2 N–H and O–H groups in total. The summed E-state index contributed by atoms with van der Waals surface area (Å²) in [5.74, 6) is 0.564. The summed E-state index contributed by atoms with van der Waals surface area (Å²) in [5, 5.41) is 6.92. The van der Waals surface area contributed by atoms with Gasteiger partial charge in [0.05, 0.1) is 5.56 Å². The van der Waals surface area contributed by atoms with Crippen molar-refractivity contribution in [3.05, 3.63) is 33.0 Å². The lowest BCUT2D eigenvalue weighted by Crippen LogP contribution is -2.24. The van der Waals surface area contributed by atoms with E-state index in [0.717, 1.165) is 5.69 Å². The summed E-state index contributed by atoms with van der Waals surface area (Å²) in [5.41, 5.74) is 1.03. The van der Waals surface area contributed by atoms with Gasteiger partial charge in [-0.15, -0.1) is 0 Å². The van der Waals surface area contributed by atoms with E-state index in [0.29, 0.717) is 16.2 Å². The molecule has 0 saturated heterocycles. The third-order valence-corrected chi connectivity index (χ3v) is 2.92. The van der Waals surface area contributed by atoms with Crippen molar-refractivity contribution in [3.63, 3.8) is 0 Å². The largest absolute Gasteiger partial charge is 0.364 e. The smallest absolute Gasteiger partial charge is 0.195 e. The summed E-state index contributed by atoms with van der Waals surface area (Å²) in [4.78, 5) is 15.0. The van der Waals surface area contributed by atoms with Gasteiger partial charge in [0.15, 0.2) is 16.0 Å². The maximum Gasteiger partial charge on any atom is 0.195 e. The van der Waals surface area contributed by atoms with Crippen LogP contribution in [0.5, 0.6) is 0 Å². The topological polar surface area (TPSA) is 66.5 Å². The molecule has 0 aliphatic heterocycles. The number of nitrogens with one attached hydrogen (secondary N) is 2. The third-order valence-electron chi connectivity index (χ3n) is 2.64. The van der Waals surface area contributed by atoms with Crippen LogP contribution < -0.4 is 5.43 Å². The summed E-state index contributed by atoms with van der Waals surface area (Å²) >= 11 is 5.22. The first-order chi connectivity index (χ1) is 8.30. The zero-order valence-electron chi connectivity index (χ0n) is 10.9. The van der Waals surface area contributed by atoms with E-state index in [2.05, 4.69) is 15.2 Å². The molecule has 18 heavy (non-hydrogen) atoms. The number of rotatable bonds is 1. The first kappa shape index (κ1) is 12.8. The first-order valence-corrected chi connectivity index (χ1v) is 6.09. The van der Waals surface area contributed by atoms with Crippen LogP contribution in [0.2, 0.25) is 0 Å². The molecular weight excluding hydrogens is 248 g/mol. The van der Waals surface area contributed by atoms with E-state index in [-0.39, 0.29) is 11.0 Å². The molecule has 0 aromatic carbocycles. The van der Waals surface area contributed by atoms with Crippen molar-refractivity contribution in [3.8, 4) is 11.4 Å². The molecule has 0 unspecified atom stereocenters. The maximum absolute atomic E-state index is 12.0. The fourth-order valence-corrected chi connectivity index (χ4v) is 2.25. The molecule has 0 saturated carbocycles. The maximum atomic E-state index is 12.0. The Morgan fingerprint density at radius 3 is 2.61 bits per heavy atom. The van der Waals surface area contributed by atoms with E-state index in [1.54, 1.807) is 12.3 Å². The Morgan fingerprint density at radius 1 is 1.39 bits per heavy atom. The molecule has 0 spiro atoms. The molecule has 5 nitrogen and oxygen atoms in total. The number of pyridine rings is 1. The van der Waals surface area contributed by atoms with Crippen LogP contribution in [-0.2, 0) is 5.54 Å². The second-order valence-corrected chi connectivity index (χ2v) is 5.64. The number of nitrogens with zero attached hydrogens (tertiary/aromatic N) is 2. The predicted molar refractivity (Wildman–Crippen MR) is 73.2 cm³/mol. The molecule has 0 radical (unpaired) electrons. The van der Waals surface area contributed by atoms with E-state index < -0.39 is 0 Å². The number of hydrogen-bond acceptors (Lipinski definition) is 3. The molecule has 0 aliphatic rings. The summed E-state index contributed by atoms with van der Waals surface area (Å²) in [7, 11) is 0. The van der Waals surface area contributed by atoms with Gasteiger partial charge in [-0.05, 0) is 39.9 Å². The number of aromatic amines is 2. The van der Waals surface area contributed by atoms with E-state index in [9.17, 15) is 4.79 Å². The van der Waals surface area contributed by atoms with Gasteiger partial charge in [-0.2, -0.15) is 5.10 Å². The Bertz CT molecular complexity index is 687. The molecular formula is C12H16N4OS. The quantitative estimate of drug-likeness (QED) is 0.777. The monoisotopic (exact) mass is 264 g/mol. The van der Waals surface area contributed by atoms with E-state index in [1.807, 2.05) is 32.3 Å². The lowest BCUT2D eigenvalue weighted by Gasteiger charge is -2.22. The van der Waals surface area contributed by atoms with Gasteiger partial charge in [-0.1, -0.05) is 0 Å². The van der Waals surface area contributed by atoms with Gasteiger partial charge in [0.25, 0.3) is 0 Å². The zero-order chi connectivity index (χ0) is 13.5. The van der Waals surface area contributed by atoms with Crippen molar-refractivity contribution in [2.75, 3.05) is 0 Å². The van der Waals surface area contributed by atoms with Crippen molar-refractivity contribution in [1.82, 2.24) is 19.7 Å². The van der Waals surface area contributed by atoms with Gasteiger partial charge in [0.2, 0.25) is 0 Å². The van der Waals surface area contributed by atoms with Crippen LogP contribution in [0.15, 0.2) is 17.1 Å². The van der Waals surface area contributed by atoms with Crippen LogP contribution in [0.3, 0.4) is 0 Å². The van der Waals surface area contributed by atoms with Crippen LogP contribution >= 0.6 is 12.2 Å². The Morgan fingerprint density at radius 2 is 2.06 bits per heavy atom. The van der Waals surface area contributed by atoms with Crippen LogP contribution in [-0.4, -0.2) is 19.7 Å². The highest BCUT2D eigenvalue weighted by atomic mass is 32.1. The van der Waals surface area contributed by atoms with Crippen molar-refractivity contribution in [2.45, 2.75) is 33.2 Å². The molecule has 0 amide bonds. The van der Waals surface area contributed by atoms with E-state index in [1.165, 1.54) is 0 Å². The Kier molecular flexibility index (Phi) is 2.98. The first-order valence-electron chi connectivity index (χ1n) is 5.68. The number of aromatic nitrogens is 4. The average molecular weight is 264 g/mol. The molecule has 2 aromatic heterocycles. The normalized spacial score (nSPS) is 11.8. The van der Waals surface area contributed by atoms with Gasteiger partial charge in [-0.3, -0.25) is 14.5 Å². The lowest BCUT2D eigenvalue weighted by atomic mass is 10.1. The third kappa shape index (κ3) is 2.15. The minimum atomic E-state index is -0.239. The Balaban J connectivity index is 2.73. The van der Waals surface area contributed by atoms with Gasteiger partial charge in [0.1, 0.15) is 0 Å². The zero-order valence-corrected chi connectivity index (χ0v) is 11.7. The molecule has 0 fully saturated rings. The summed E-state index contributed by atoms with van der Waals surface area (Å²) < 4.78 is 2.36. The molecule has 2 rings (SSSR count). The lowest BCUT2D eigenvalue weighted by molar-refractivity contribution is 0.395. The average Bonchev–Trinajstić information content (AvgIpc) is 2.59. The number of H-pyrrole nitrogens is 2. The Hall–Kier alpha value is -1.69. The van der Waals surface area contributed by atoms with Crippen molar-refractivity contribution < 1.29 is 0 Å². The van der Waals surface area contributed by atoms with Crippen LogP contribution in [0, 0.1) is 11.7 Å².